The highest BCUT2D eigenvalue weighted by Gasteiger charge is 2.34. The molecular formula is C11H18N2OS. The highest BCUT2D eigenvalue weighted by Crippen LogP contribution is 2.39. The Morgan fingerprint density at radius 3 is 3.07 bits per heavy atom. The van der Waals surface area contributed by atoms with Crippen LogP contribution in [0.1, 0.15) is 19.0 Å². The number of imidazole rings is 1. The molecule has 3 atom stereocenters. The Balaban J connectivity index is 2.03. The van der Waals surface area contributed by atoms with Crippen LogP contribution >= 0.6 is 11.8 Å². The van der Waals surface area contributed by atoms with Crippen LogP contribution in [0.2, 0.25) is 0 Å². The van der Waals surface area contributed by atoms with Gasteiger partial charge in [0.1, 0.15) is 5.44 Å². The first-order valence-corrected chi connectivity index (χ1v) is 6.52. The standard InChI is InChI=1S/C11H18N2OS/c1-3-10-8(6-15-11(10)14)4-9-5-12-7-13(9)2/h5,7-8,10-11,14H,3-4,6H2,1-2H3/t8-,10-,11-/m1/s1. The van der Waals surface area contributed by atoms with E-state index in [1.165, 1.54) is 5.69 Å². The van der Waals surface area contributed by atoms with E-state index >= 15 is 0 Å². The van der Waals surface area contributed by atoms with Crippen molar-refractivity contribution in [3.05, 3.63) is 18.2 Å². The molecule has 2 heterocycles. The van der Waals surface area contributed by atoms with Crippen molar-refractivity contribution < 1.29 is 5.11 Å². The van der Waals surface area contributed by atoms with E-state index in [4.69, 9.17) is 0 Å². The number of hydrogen-bond donors (Lipinski definition) is 1. The summed E-state index contributed by atoms with van der Waals surface area (Å²) in [6.45, 7) is 2.16. The summed E-state index contributed by atoms with van der Waals surface area (Å²) in [7, 11) is 2.03. The van der Waals surface area contributed by atoms with Gasteiger partial charge in [0.05, 0.1) is 6.33 Å². The molecule has 0 aromatic carbocycles. The Labute approximate surface area is 94.9 Å². The molecule has 1 fully saturated rings. The SMILES string of the molecule is CC[C@@H]1[C@H](Cc2cncn2C)CS[C@H]1O. The van der Waals surface area contributed by atoms with E-state index in [0.717, 1.165) is 18.6 Å². The van der Waals surface area contributed by atoms with Gasteiger partial charge in [-0.3, -0.25) is 0 Å². The first-order valence-electron chi connectivity index (χ1n) is 5.47. The van der Waals surface area contributed by atoms with Crippen LogP contribution < -0.4 is 0 Å². The van der Waals surface area contributed by atoms with Crippen molar-refractivity contribution in [3.8, 4) is 0 Å². The molecule has 4 heteroatoms. The first-order chi connectivity index (χ1) is 7.22. The molecule has 0 radical (unpaired) electrons. The van der Waals surface area contributed by atoms with Gasteiger partial charge in [0.2, 0.25) is 0 Å². The van der Waals surface area contributed by atoms with Crippen LogP contribution in [0.15, 0.2) is 12.5 Å². The van der Waals surface area contributed by atoms with E-state index in [1.54, 1.807) is 11.8 Å². The molecule has 1 aromatic heterocycles. The number of aliphatic hydroxyl groups is 1. The van der Waals surface area contributed by atoms with Gasteiger partial charge < -0.3 is 9.67 Å². The van der Waals surface area contributed by atoms with E-state index in [2.05, 4.69) is 16.5 Å². The molecule has 1 aromatic rings. The summed E-state index contributed by atoms with van der Waals surface area (Å²) in [5.74, 6) is 2.13. The average molecular weight is 226 g/mol. The lowest BCUT2D eigenvalue weighted by molar-refractivity contribution is 0.163. The van der Waals surface area contributed by atoms with E-state index in [1.807, 2.05) is 19.6 Å². The lowest BCUT2D eigenvalue weighted by atomic mass is 9.89. The molecule has 0 saturated carbocycles. The second kappa shape index (κ2) is 4.58. The third-order valence-electron chi connectivity index (χ3n) is 3.31. The van der Waals surface area contributed by atoms with Crippen molar-refractivity contribution in [3.63, 3.8) is 0 Å². The molecule has 1 N–H and O–H groups in total. The van der Waals surface area contributed by atoms with Gasteiger partial charge >= 0.3 is 0 Å². The molecule has 0 aliphatic carbocycles. The molecule has 2 rings (SSSR count). The summed E-state index contributed by atoms with van der Waals surface area (Å²) in [6, 6.07) is 0. The van der Waals surface area contributed by atoms with E-state index in [9.17, 15) is 5.11 Å². The normalized spacial score (nSPS) is 31.0. The van der Waals surface area contributed by atoms with Crippen molar-refractivity contribution in [2.24, 2.45) is 18.9 Å². The van der Waals surface area contributed by atoms with Gasteiger partial charge in [-0.25, -0.2) is 4.98 Å². The van der Waals surface area contributed by atoms with Crippen LogP contribution in [0.4, 0.5) is 0 Å². The lowest BCUT2D eigenvalue weighted by Gasteiger charge is -2.19. The number of nitrogens with zero attached hydrogens (tertiary/aromatic N) is 2. The maximum absolute atomic E-state index is 9.80. The molecule has 0 bridgehead atoms. The van der Waals surface area contributed by atoms with Gasteiger partial charge in [-0.1, -0.05) is 6.92 Å². The summed E-state index contributed by atoms with van der Waals surface area (Å²) >= 11 is 1.69. The van der Waals surface area contributed by atoms with Gasteiger partial charge in [-0.15, -0.1) is 11.8 Å². The number of rotatable bonds is 3. The maximum Gasteiger partial charge on any atom is 0.102 e. The average Bonchev–Trinajstić information content (AvgIpc) is 2.76. The Bertz CT molecular complexity index is 326. The van der Waals surface area contributed by atoms with Crippen molar-refractivity contribution in [1.82, 2.24) is 9.55 Å². The number of thioether (sulfide) groups is 1. The second-order valence-corrected chi connectivity index (χ2v) is 5.41. The zero-order chi connectivity index (χ0) is 10.8. The van der Waals surface area contributed by atoms with Gasteiger partial charge in [0, 0.05) is 18.9 Å². The minimum Gasteiger partial charge on any atom is -0.382 e. The molecule has 1 saturated heterocycles. The maximum atomic E-state index is 9.80. The fourth-order valence-electron chi connectivity index (χ4n) is 2.30. The number of aryl methyl sites for hydroxylation is 1. The second-order valence-electron chi connectivity index (χ2n) is 4.26. The molecule has 0 amide bonds. The van der Waals surface area contributed by atoms with E-state index in [0.29, 0.717) is 11.8 Å². The highest BCUT2D eigenvalue weighted by molar-refractivity contribution is 8.00. The topological polar surface area (TPSA) is 38.0 Å². The Kier molecular flexibility index (Phi) is 3.36. The van der Waals surface area contributed by atoms with Crippen LogP contribution in [0.3, 0.4) is 0 Å². The van der Waals surface area contributed by atoms with E-state index < -0.39 is 0 Å². The van der Waals surface area contributed by atoms with Crippen LogP contribution in [-0.4, -0.2) is 25.8 Å². The van der Waals surface area contributed by atoms with Crippen molar-refractivity contribution in [2.75, 3.05) is 5.75 Å². The molecular weight excluding hydrogens is 208 g/mol. The molecule has 1 aliphatic rings. The Hall–Kier alpha value is -0.480. The molecule has 15 heavy (non-hydrogen) atoms. The van der Waals surface area contributed by atoms with Crippen molar-refractivity contribution in [2.45, 2.75) is 25.2 Å². The molecule has 0 unspecified atom stereocenters. The minimum atomic E-state index is -0.159. The zero-order valence-corrected chi connectivity index (χ0v) is 10.1. The third-order valence-corrected chi connectivity index (χ3v) is 4.62. The monoisotopic (exact) mass is 226 g/mol. The summed E-state index contributed by atoms with van der Waals surface area (Å²) in [4.78, 5) is 4.13. The summed E-state index contributed by atoms with van der Waals surface area (Å²) in [5, 5.41) is 9.80. The fourth-order valence-corrected chi connectivity index (χ4v) is 3.77. The lowest BCUT2D eigenvalue weighted by Crippen LogP contribution is -2.20. The Morgan fingerprint density at radius 2 is 2.47 bits per heavy atom. The number of hydrogen-bond acceptors (Lipinski definition) is 3. The van der Waals surface area contributed by atoms with Crippen LogP contribution in [0.25, 0.3) is 0 Å². The zero-order valence-electron chi connectivity index (χ0n) is 9.26. The van der Waals surface area contributed by atoms with Crippen molar-refractivity contribution in [1.29, 1.82) is 0 Å². The number of aromatic nitrogens is 2. The largest absolute Gasteiger partial charge is 0.382 e. The summed E-state index contributed by atoms with van der Waals surface area (Å²) < 4.78 is 2.07. The minimum absolute atomic E-state index is 0.159. The van der Waals surface area contributed by atoms with Gasteiger partial charge in [0.15, 0.2) is 0 Å². The molecule has 84 valence electrons. The van der Waals surface area contributed by atoms with Crippen molar-refractivity contribution >= 4 is 11.8 Å². The third kappa shape index (κ3) is 2.21. The van der Waals surface area contributed by atoms with Crippen LogP contribution in [-0.2, 0) is 13.5 Å². The first kappa shape index (κ1) is 11.0. The fraction of sp³-hybridized carbons (Fsp3) is 0.727. The highest BCUT2D eigenvalue weighted by atomic mass is 32.2. The predicted octanol–water partition coefficient (Wildman–Crippen LogP) is 1.67. The molecule has 0 spiro atoms. The van der Waals surface area contributed by atoms with Gasteiger partial charge in [-0.2, -0.15) is 0 Å². The van der Waals surface area contributed by atoms with Crippen LogP contribution in [0, 0.1) is 11.8 Å². The van der Waals surface area contributed by atoms with Gasteiger partial charge in [0.25, 0.3) is 0 Å². The van der Waals surface area contributed by atoms with Crippen LogP contribution in [0.5, 0.6) is 0 Å². The Morgan fingerprint density at radius 1 is 1.67 bits per heavy atom. The van der Waals surface area contributed by atoms with Gasteiger partial charge in [-0.05, 0) is 30.4 Å². The smallest absolute Gasteiger partial charge is 0.102 e. The van der Waals surface area contributed by atoms with E-state index in [-0.39, 0.29) is 5.44 Å². The molecule has 3 nitrogen and oxygen atoms in total. The number of aliphatic hydroxyl groups excluding tert-OH is 1. The summed E-state index contributed by atoms with van der Waals surface area (Å²) in [5.41, 5.74) is 1.11. The quantitative estimate of drug-likeness (QED) is 0.852. The predicted molar refractivity (Wildman–Crippen MR) is 62.6 cm³/mol. The molecule has 1 aliphatic heterocycles. The summed E-state index contributed by atoms with van der Waals surface area (Å²) in [6.07, 6.45) is 5.88.